The Labute approximate surface area is 165 Å². The van der Waals surface area contributed by atoms with Gasteiger partial charge in [0.25, 0.3) is 0 Å². The van der Waals surface area contributed by atoms with Gasteiger partial charge in [0.2, 0.25) is 0 Å². The molecule has 2 bridgehead atoms. The van der Waals surface area contributed by atoms with Crippen LogP contribution < -0.4 is 10.1 Å². The topological polar surface area (TPSA) is 50.8 Å². The third-order valence-corrected chi connectivity index (χ3v) is 5.58. The summed E-state index contributed by atoms with van der Waals surface area (Å²) in [6, 6.07) is 17.1. The van der Waals surface area contributed by atoms with E-state index in [-0.39, 0.29) is 6.04 Å². The second-order valence-electron chi connectivity index (χ2n) is 7.37. The molecule has 5 nitrogen and oxygen atoms in total. The first-order valence-electron chi connectivity index (χ1n) is 9.68. The van der Waals surface area contributed by atoms with E-state index in [0.717, 1.165) is 31.7 Å². The molecule has 144 valence electrons. The summed E-state index contributed by atoms with van der Waals surface area (Å²) in [5, 5.41) is 2.77. The molecule has 1 amide bonds. The molecule has 3 fully saturated rings. The minimum Gasteiger partial charge on any atom is -0.457 e. The lowest BCUT2D eigenvalue weighted by Crippen LogP contribution is -2.54. The maximum absolute atomic E-state index is 12.1. The number of nitrogens with zero attached hydrogens (tertiary/aromatic N) is 1. The molecule has 3 aliphatic rings. The van der Waals surface area contributed by atoms with Gasteiger partial charge in [-0.2, -0.15) is 0 Å². The summed E-state index contributed by atoms with van der Waals surface area (Å²) in [6.45, 7) is 2.36. The fourth-order valence-corrected chi connectivity index (χ4v) is 4.06. The lowest BCUT2D eigenvalue weighted by atomic mass is 9.76. The minimum absolute atomic E-state index is 0.274. The summed E-state index contributed by atoms with van der Waals surface area (Å²) in [5.41, 5.74) is 0.670. The van der Waals surface area contributed by atoms with Gasteiger partial charge in [0.05, 0.1) is 0 Å². The lowest BCUT2D eigenvalue weighted by Gasteiger charge is -2.48. The van der Waals surface area contributed by atoms with Crippen LogP contribution in [0.3, 0.4) is 0 Å². The van der Waals surface area contributed by atoms with Gasteiger partial charge < -0.3 is 9.47 Å². The Kier molecular flexibility index (Phi) is 5.50. The highest BCUT2D eigenvalue weighted by Gasteiger charge is 2.39. The Hall–Kier alpha value is -2.97. The summed E-state index contributed by atoms with van der Waals surface area (Å²) < 4.78 is 11.2. The maximum Gasteiger partial charge on any atom is 0.411 e. The van der Waals surface area contributed by atoms with E-state index in [1.54, 1.807) is 12.1 Å². The molecule has 3 heterocycles. The number of carbonyl (C=O) groups is 1. The van der Waals surface area contributed by atoms with Crippen molar-refractivity contribution in [1.82, 2.24) is 4.90 Å². The maximum atomic E-state index is 12.1. The van der Waals surface area contributed by atoms with Crippen LogP contribution in [0.2, 0.25) is 0 Å². The molecule has 5 heteroatoms. The number of rotatable bonds is 5. The minimum atomic E-state index is -0.437. The van der Waals surface area contributed by atoms with Crippen LogP contribution in [0, 0.1) is 24.2 Å². The molecule has 3 saturated heterocycles. The highest BCUT2D eigenvalue weighted by atomic mass is 16.5. The van der Waals surface area contributed by atoms with Crippen LogP contribution in [-0.2, 0) is 4.74 Å². The predicted octanol–water partition coefficient (Wildman–Crippen LogP) is 4.37. The van der Waals surface area contributed by atoms with Crippen LogP contribution in [0.25, 0.3) is 0 Å². The molecule has 0 saturated carbocycles. The number of para-hydroxylation sites is 1. The third kappa shape index (κ3) is 4.29. The number of amides is 1. The quantitative estimate of drug-likeness (QED) is 0.788. The van der Waals surface area contributed by atoms with Crippen LogP contribution >= 0.6 is 0 Å². The number of hydrogen-bond acceptors (Lipinski definition) is 4. The number of carbonyl (C=O) groups excluding carboxylic acids is 1. The van der Waals surface area contributed by atoms with E-state index in [1.165, 1.54) is 0 Å². The highest BCUT2D eigenvalue weighted by molar-refractivity contribution is 5.84. The predicted molar refractivity (Wildman–Crippen MR) is 108 cm³/mol. The first kappa shape index (κ1) is 18.4. The van der Waals surface area contributed by atoms with Gasteiger partial charge in [-0.3, -0.25) is 10.2 Å². The molecule has 5 rings (SSSR count). The van der Waals surface area contributed by atoms with Gasteiger partial charge in [-0.1, -0.05) is 18.2 Å². The Morgan fingerprint density at radius 2 is 1.89 bits per heavy atom. The van der Waals surface area contributed by atoms with E-state index in [1.807, 2.05) is 42.5 Å². The zero-order chi connectivity index (χ0) is 19.3. The van der Waals surface area contributed by atoms with E-state index in [9.17, 15) is 4.79 Å². The van der Waals surface area contributed by atoms with Gasteiger partial charge >= 0.3 is 6.09 Å². The second-order valence-corrected chi connectivity index (χ2v) is 7.37. The van der Waals surface area contributed by atoms with Gasteiger partial charge in [-0.25, -0.2) is 4.79 Å². The largest absolute Gasteiger partial charge is 0.457 e. The van der Waals surface area contributed by atoms with E-state index in [4.69, 9.17) is 15.9 Å². The zero-order valence-electron chi connectivity index (χ0n) is 15.7. The number of piperidine rings is 3. The average Bonchev–Trinajstić information content (AvgIpc) is 2.75. The van der Waals surface area contributed by atoms with Crippen molar-refractivity contribution in [3.05, 3.63) is 54.6 Å². The van der Waals surface area contributed by atoms with Crippen LogP contribution in [0.5, 0.6) is 11.5 Å². The van der Waals surface area contributed by atoms with E-state index in [0.29, 0.717) is 29.9 Å². The van der Waals surface area contributed by atoms with Crippen LogP contribution in [-0.4, -0.2) is 36.7 Å². The number of hydrogen-bond donors (Lipinski definition) is 1. The van der Waals surface area contributed by atoms with Crippen molar-refractivity contribution in [3.8, 4) is 23.8 Å². The van der Waals surface area contributed by atoms with Gasteiger partial charge in [-0.15, -0.1) is 12.3 Å². The molecule has 1 unspecified atom stereocenters. The average molecular weight is 376 g/mol. The van der Waals surface area contributed by atoms with Crippen molar-refractivity contribution in [2.24, 2.45) is 11.8 Å². The molecule has 4 atom stereocenters. The molecule has 0 radical (unpaired) electrons. The molecule has 2 aromatic rings. The summed E-state index contributed by atoms with van der Waals surface area (Å²) in [7, 11) is 0. The second kappa shape index (κ2) is 8.37. The monoisotopic (exact) mass is 376 g/mol. The SMILES string of the molecule is C#C[C@H]1CN2CC[C@H]1C[C@@H]2COC(=O)Nc1ccc(Oc2ccccc2)cc1. The normalized spacial score (nSPS) is 25.5. The Morgan fingerprint density at radius 3 is 2.57 bits per heavy atom. The fraction of sp³-hybridized carbons (Fsp3) is 0.348. The zero-order valence-corrected chi connectivity index (χ0v) is 15.7. The molecular weight excluding hydrogens is 352 g/mol. The summed E-state index contributed by atoms with van der Waals surface area (Å²) in [6.07, 6.45) is 7.33. The molecule has 2 aromatic carbocycles. The Bertz CT molecular complexity index is 844. The smallest absolute Gasteiger partial charge is 0.411 e. The Morgan fingerprint density at radius 1 is 1.14 bits per heavy atom. The highest BCUT2D eigenvalue weighted by Crippen LogP contribution is 2.35. The Balaban J connectivity index is 1.25. The van der Waals surface area contributed by atoms with Gasteiger partial charge in [0.1, 0.15) is 18.1 Å². The molecular formula is C23H24N2O3. The molecule has 3 aliphatic heterocycles. The van der Waals surface area contributed by atoms with Crippen molar-refractivity contribution in [3.63, 3.8) is 0 Å². The van der Waals surface area contributed by atoms with Crippen LogP contribution in [0.15, 0.2) is 54.6 Å². The van der Waals surface area contributed by atoms with E-state index in [2.05, 4.69) is 16.1 Å². The number of nitrogens with one attached hydrogen (secondary N) is 1. The van der Waals surface area contributed by atoms with Gasteiger partial charge in [-0.05, 0) is 61.7 Å². The van der Waals surface area contributed by atoms with Crippen molar-refractivity contribution in [1.29, 1.82) is 0 Å². The van der Waals surface area contributed by atoms with E-state index >= 15 is 0 Å². The standard InChI is InChI=1S/C23H24N2O3/c1-2-17-15-25-13-12-18(17)14-20(25)16-27-23(26)24-19-8-10-22(11-9-19)28-21-6-4-3-5-7-21/h1,3-11,17-18,20H,12-16H2,(H,24,26)/t17-,18-,20+/m0/s1. The number of benzene rings is 2. The van der Waals surface area contributed by atoms with Crippen molar-refractivity contribution >= 4 is 11.8 Å². The van der Waals surface area contributed by atoms with Crippen molar-refractivity contribution in [2.75, 3.05) is 25.0 Å². The number of ether oxygens (including phenoxy) is 2. The molecule has 0 aromatic heterocycles. The number of anilines is 1. The summed E-state index contributed by atoms with van der Waals surface area (Å²) in [5.74, 6) is 5.28. The first-order chi connectivity index (χ1) is 13.7. The van der Waals surface area contributed by atoms with Crippen LogP contribution in [0.1, 0.15) is 12.8 Å². The molecule has 0 spiro atoms. The summed E-state index contributed by atoms with van der Waals surface area (Å²) >= 11 is 0. The third-order valence-electron chi connectivity index (χ3n) is 5.58. The van der Waals surface area contributed by atoms with Crippen LogP contribution in [0.4, 0.5) is 10.5 Å². The van der Waals surface area contributed by atoms with Crippen molar-refractivity contribution < 1.29 is 14.3 Å². The van der Waals surface area contributed by atoms with Gasteiger partial charge in [0.15, 0.2) is 0 Å². The fourth-order valence-electron chi connectivity index (χ4n) is 4.06. The molecule has 0 aliphatic carbocycles. The lowest BCUT2D eigenvalue weighted by molar-refractivity contribution is -0.00665. The van der Waals surface area contributed by atoms with Crippen molar-refractivity contribution in [2.45, 2.75) is 18.9 Å². The number of fused-ring (bicyclic) bond motifs is 3. The summed E-state index contributed by atoms with van der Waals surface area (Å²) in [4.78, 5) is 14.5. The molecule has 1 N–H and O–H groups in total. The first-order valence-corrected chi connectivity index (χ1v) is 9.68. The van der Waals surface area contributed by atoms with E-state index < -0.39 is 6.09 Å². The number of terminal acetylenes is 1. The van der Waals surface area contributed by atoms with Gasteiger partial charge in [0, 0.05) is 24.2 Å². The molecule has 28 heavy (non-hydrogen) atoms.